The summed E-state index contributed by atoms with van der Waals surface area (Å²) in [6, 6.07) is 4.51. The molecule has 1 N–H and O–H groups in total. The van der Waals surface area contributed by atoms with Crippen LogP contribution in [0.5, 0.6) is 0 Å². The first kappa shape index (κ1) is 12.4. The molecule has 0 fully saturated rings. The summed E-state index contributed by atoms with van der Waals surface area (Å²) in [7, 11) is 0. The number of halogens is 1. The number of nitrogens with zero attached hydrogens (tertiary/aromatic N) is 2. The monoisotopic (exact) mass is 248 g/mol. The van der Waals surface area contributed by atoms with Crippen LogP contribution in [-0.2, 0) is 5.60 Å². The molecule has 0 radical (unpaired) electrons. The highest BCUT2D eigenvalue weighted by Gasteiger charge is 2.25. The lowest BCUT2D eigenvalue weighted by atomic mass is 9.99. The molecule has 0 spiro atoms. The molecule has 2 aromatic rings. The van der Waals surface area contributed by atoms with Crippen LogP contribution in [0.2, 0.25) is 0 Å². The van der Waals surface area contributed by atoms with E-state index >= 15 is 0 Å². The molecule has 2 rings (SSSR count). The third-order valence-corrected chi connectivity index (χ3v) is 2.58. The zero-order valence-corrected chi connectivity index (χ0v) is 10.1. The van der Waals surface area contributed by atoms with Crippen LogP contribution in [0.25, 0.3) is 5.69 Å². The SMILES string of the molecule is CC(C)(O)c1c(F)ccn(-c2cccnc2)c1=O. The van der Waals surface area contributed by atoms with E-state index < -0.39 is 17.0 Å². The highest BCUT2D eigenvalue weighted by atomic mass is 19.1. The summed E-state index contributed by atoms with van der Waals surface area (Å²) in [4.78, 5) is 16.1. The molecule has 0 aromatic carbocycles. The summed E-state index contributed by atoms with van der Waals surface area (Å²) in [6.45, 7) is 2.75. The van der Waals surface area contributed by atoms with Crippen molar-refractivity contribution in [3.8, 4) is 5.69 Å². The number of pyridine rings is 2. The van der Waals surface area contributed by atoms with Gasteiger partial charge >= 0.3 is 0 Å². The second kappa shape index (κ2) is 4.34. The molecule has 0 unspecified atom stereocenters. The Morgan fingerprint density at radius 1 is 1.39 bits per heavy atom. The quantitative estimate of drug-likeness (QED) is 0.878. The van der Waals surface area contributed by atoms with Crippen LogP contribution in [0.15, 0.2) is 41.6 Å². The average Bonchev–Trinajstić information content (AvgIpc) is 2.28. The van der Waals surface area contributed by atoms with E-state index in [-0.39, 0.29) is 5.56 Å². The van der Waals surface area contributed by atoms with E-state index in [0.29, 0.717) is 5.69 Å². The topological polar surface area (TPSA) is 55.1 Å². The van der Waals surface area contributed by atoms with Crippen molar-refractivity contribution in [1.29, 1.82) is 0 Å². The van der Waals surface area contributed by atoms with Crippen molar-refractivity contribution in [2.24, 2.45) is 0 Å². The summed E-state index contributed by atoms with van der Waals surface area (Å²) in [5, 5.41) is 9.85. The predicted molar refractivity (Wildman–Crippen MR) is 65.0 cm³/mol. The third kappa shape index (κ3) is 2.17. The van der Waals surface area contributed by atoms with Crippen LogP contribution in [0.4, 0.5) is 4.39 Å². The van der Waals surface area contributed by atoms with E-state index in [1.165, 1.54) is 30.8 Å². The number of hydrogen-bond donors (Lipinski definition) is 1. The lowest BCUT2D eigenvalue weighted by Crippen LogP contribution is -2.32. The molecule has 4 nitrogen and oxygen atoms in total. The summed E-state index contributed by atoms with van der Waals surface area (Å²) < 4.78 is 14.9. The van der Waals surface area contributed by atoms with Crippen molar-refractivity contribution in [3.05, 3.63) is 58.5 Å². The molecule has 0 saturated heterocycles. The van der Waals surface area contributed by atoms with E-state index in [1.54, 1.807) is 18.3 Å². The second-order valence-corrected chi connectivity index (χ2v) is 4.48. The van der Waals surface area contributed by atoms with Crippen molar-refractivity contribution >= 4 is 0 Å². The van der Waals surface area contributed by atoms with Gasteiger partial charge in [0.25, 0.3) is 5.56 Å². The normalized spacial score (nSPS) is 11.6. The molecule has 2 aromatic heterocycles. The van der Waals surface area contributed by atoms with E-state index in [4.69, 9.17) is 0 Å². The maximum absolute atomic E-state index is 13.7. The predicted octanol–water partition coefficient (Wildman–Crippen LogP) is 1.60. The Morgan fingerprint density at radius 3 is 2.67 bits per heavy atom. The summed E-state index contributed by atoms with van der Waals surface area (Å²) in [5.74, 6) is -0.715. The molecule has 0 aliphatic rings. The molecular formula is C13H13FN2O2. The van der Waals surface area contributed by atoms with Crippen LogP contribution in [0.3, 0.4) is 0 Å². The summed E-state index contributed by atoms with van der Waals surface area (Å²) >= 11 is 0. The zero-order valence-electron chi connectivity index (χ0n) is 10.1. The fourth-order valence-electron chi connectivity index (χ4n) is 1.77. The van der Waals surface area contributed by atoms with Crippen LogP contribution in [0.1, 0.15) is 19.4 Å². The fourth-order valence-corrected chi connectivity index (χ4v) is 1.77. The molecule has 5 heteroatoms. The fraction of sp³-hybridized carbons (Fsp3) is 0.231. The highest BCUT2D eigenvalue weighted by molar-refractivity contribution is 5.31. The molecule has 94 valence electrons. The Balaban J connectivity index is 2.71. The minimum atomic E-state index is -1.54. The van der Waals surface area contributed by atoms with Crippen molar-refractivity contribution in [3.63, 3.8) is 0 Å². The van der Waals surface area contributed by atoms with Crippen molar-refractivity contribution in [2.45, 2.75) is 19.4 Å². The van der Waals surface area contributed by atoms with Gasteiger partial charge in [-0.1, -0.05) is 0 Å². The van der Waals surface area contributed by atoms with Crippen LogP contribution >= 0.6 is 0 Å². The Kier molecular flexibility index (Phi) is 3.00. The lowest BCUT2D eigenvalue weighted by molar-refractivity contribution is 0.0725. The van der Waals surface area contributed by atoms with Gasteiger partial charge in [-0.15, -0.1) is 0 Å². The van der Waals surface area contributed by atoms with Gasteiger partial charge in [0.2, 0.25) is 0 Å². The number of rotatable bonds is 2. The van der Waals surface area contributed by atoms with E-state index in [1.807, 2.05) is 0 Å². The molecule has 0 bridgehead atoms. The van der Waals surface area contributed by atoms with Crippen molar-refractivity contribution < 1.29 is 9.50 Å². The van der Waals surface area contributed by atoms with Crippen LogP contribution in [0, 0.1) is 5.82 Å². The first-order valence-corrected chi connectivity index (χ1v) is 5.45. The average molecular weight is 248 g/mol. The molecular weight excluding hydrogens is 235 g/mol. The third-order valence-electron chi connectivity index (χ3n) is 2.58. The van der Waals surface area contributed by atoms with Gasteiger partial charge in [-0.2, -0.15) is 0 Å². The summed E-state index contributed by atoms with van der Waals surface area (Å²) in [5.41, 5.74) is -1.86. The number of aromatic nitrogens is 2. The van der Waals surface area contributed by atoms with E-state index in [2.05, 4.69) is 4.98 Å². The number of aliphatic hydroxyl groups is 1. The lowest BCUT2D eigenvalue weighted by Gasteiger charge is -2.19. The first-order chi connectivity index (χ1) is 8.41. The van der Waals surface area contributed by atoms with Gasteiger partial charge in [-0.3, -0.25) is 14.3 Å². The molecule has 0 aliphatic heterocycles. The first-order valence-electron chi connectivity index (χ1n) is 5.45. The second-order valence-electron chi connectivity index (χ2n) is 4.48. The van der Waals surface area contributed by atoms with Crippen LogP contribution < -0.4 is 5.56 Å². The number of hydrogen-bond acceptors (Lipinski definition) is 3. The Bertz CT molecular complexity index is 615. The molecule has 0 amide bonds. The molecule has 0 saturated carbocycles. The highest BCUT2D eigenvalue weighted by Crippen LogP contribution is 2.19. The molecule has 0 aliphatic carbocycles. The van der Waals surface area contributed by atoms with Gasteiger partial charge in [0.15, 0.2) is 0 Å². The van der Waals surface area contributed by atoms with E-state index in [9.17, 15) is 14.3 Å². The molecule has 0 atom stereocenters. The zero-order chi connectivity index (χ0) is 13.3. The Labute approximate surface area is 103 Å². The van der Waals surface area contributed by atoms with Crippen molar-refractivity contribution in [1.82, 2.24) is 9.55 Å². The molecule has 2 heterocycles. The van der Waals surface area contributed by atoms with Gasteiger partial charge in [-0.25, -0.2) is 4.39 Å². The smallest absolute Gasteiger partial charge is 0.264 e. The standard InChI is InChI=1S/C13H13FN2O2/c1-13(2,18)11-10(14)5-7-16(12(11)17)9-4-3-6-15-8-9/h3-8,18H,1-2H3. The van der Waals surface area contributed by atoms with Gasteiger partial charge in [0.05, 0.1) is 23.0 Å². The molecule has 18 heavy (non-hydrogen) atoms. The maximum Gasteiger partial charge on any atom is 0.264 e. The van der Waals surface area contributed by atoms with Crippen LogP contribution in [-0.4, -0.2) is 14.7 Å². The largest absolute Gasteiger partial charge is 0.385 e. The van der Waals surface area contributed by atoms with Gasteiger partial charge in [0.1, 0.15) is 5.82 Å². The van der Waals surface area contributed by atoms with Gasteiger partial charge in [-0.05, 0) is 32.0 Å². The van der Waals surface area contributed by atoms with Gasteiger partial charge < -0.3 is 5.11 Å². The minimum Gasteiger partial charge on any atom is -0.385 e. The van der Waals surface area contributed by atoms with Gasteiger partial charge in [0, 0.05) is 12.4 Å². The van der Waals surface area contributed by atoms with E-state index in [0.717, 1.165) is 6.07 Å². The Morgan fingerprint density at radius 2 is 2.11 bits per heavy atom. The Hall–Kier alpha value is -2.01. The van der Waals surface area contributed by atoms with Crippen molar-refractivity contribution in [2.75, 3.05) is 0 Å². The minimum absolute atomic E-state index is 0.256. The summed E-state index contributed by atoms with van der Waals surface area (Å²) in [6.07, 6.45) is 4.40. The maximum atomic E-state index is 13.7.